The van der Waals surface area contributed by atoms with Crippen LogP contribution in [0, 0.1) is 68.6 Å². The van der Waals surface area contributed by atoms with E-state index in [-0.39, 0.29) is 148 Å². The summed E-state index contributed by atoms with van der Waals surface area (Å²) in [6, 6.07) is 36.6. The lowest BCUT2D eigenvalue weighted by Gasteiger charge is -2.41. The molecule has 20 rings (SSSR count). The summed E-state index contributed by atoms with van der Waals surface area (Å²) in [5, 5.41) is 79.9. The van der Waals surface area contributed by atoms with E-state index in [1.807, 2.05) is 41.4 Å². The summed E-state index contributed by atoms with van der Waals surface area (Å²) in [5.74, 6) is -0.956. The first kappa shape index (κ1) is 81.1. The lowest BCUT2D eigenvalue weighted by Crippen LogP contribution is -2.63. The van der Waals surface area contributed by atoms with Crippen LogP contribution in [-0.4, -0.2) is 157 Å². The van der Waals surface area contributed by atoms with E-state index in [2.05, 4.69) is 71.8 Å². The number of carbonyl (C=O) groups is 4. The van der Waals surface area contributed by atoms with Gasteiger partial charge in [0.15, 0.2) is 23.3 Å². The van der Waals surface area contributed by atoms with Gasteiger partial charge in [-0.05, 0) is 118 Å². The van der Waals surface area contributed by atoms with Crippen LogP contribution < -0.4 is 52.8 Å². The average molecular weight is 1680 g/mol. The van der Waals surface area contributed by atoms with Crippen LogP contribution in [0.3, 0.4) is 0 Å². The number of aromatic nitrogens is 12. The highest BCUT2D eigenvalue weighted by Crippen LogP contribution is 2.41. The van der Waals surface area contributed by atoms with E-state index < -0.39 is 47.4 Å². The van der Waals surface area contributed by atoms with Crippen molar-refractivity contribution in [1.29, 1.82) is 21.0 Å². The third-order valence-electron chi connectivity index (χ3n) is 22.5. The second-order valence-corrected chi connectivity index (χ2v) is 30.5. The number of hydrogen-bond donors (Lipinski definition) is 8. The predicted octanol–water partition coefficient (Wildman–Crippen LogP) is 9.47. The molecular weight excluding hydrogens is 1610 g/mol. The second kappa shape index (κ2) is 33.0. The number of pyridine rings is 4. The molecule has 2 unspecified atom stereocenters. The quantitative estimate of drug-likeness (QED) is 0.0558. The Kier molecular flexibility index (Phi) is 21.6. The van der Waals surface area contributed by atoms with Gasteiger partial charge in [-0.15, -0.1) is 0 Å². The fourth-order valence-corrected chi connectivity index (χ4v) is 16.5. The number of piperidine rings is 2. The molecule has 38 heteroatoms. The topological polar surface area (TPSA) is 428 Å². The molecule has 16 heterocycles. The van der Waals surface area contributed by atoms with E-state index in [1.54, 1.807) is 62.8 Å². The molecule has 0 saturated carbocycles. The summed E-state index contributed by atoms with van der Waals surface area (Å²) in [4.78, 5) is 73.3. The van der Waals surface area contributed by atoms with Crippen LogP contribution in [0.15, 0.2) is 140 Å². The monoisotopic (exact) mass is 1680 g/mol. The number of rotatable bonds is 11. The molecule has 0 radical (unpaired) electrons. The van der Waals surface area contributed by atoms with Crippen LogP contribution in [0.2, 0.25) is 0 Å². The van der Waals surface area contributed by atoms with Crippen molar-refractivity contribution in [2.24, 2.45) is 11.5 Å². The number of alkyl halides is 3. The van der Waals surface area contributed by atoms with Crippen molar-refractivity contribution in [3.63, 3.8) is 0 Å². The van der Waals surface area contributed by atoms with Crippen molar-refractivity contribution in [3.05, 3.63) is 236 Å². The number of nitriles is 4. The molecule has 8 aliphatic heterocycles. The first-order chi connectivity index (χ1) is 59.9. The molecule has 0 bridgehead atoms. The van der Waals surface area contributed by atoms with Gasteiger partial charge in [-0.3, -0.25) is 19.2 Å². The molecule has 3 atom stereocenters. The minimum Gasteiger partial charge on any atom is -0.391 e. The Balaban J connectivity index is 0.000000117. The van der Waals surface area contributed by atoms with Crippen molar-refractivity contribution in [1.82, 2.24) is 80.3 Å². The molecule has 10 N–H and O–H groups in total. The number of benzene rings is 4. The highest BCUT2D eigenvalue weighted by atomic mass is 19.4. The van der Waals surface area contributed by atoms with E-state index in [0.717, 1.165) is 62.5 Å². The SMILES string of the molecule is N#Cc1cccc(F)c1-c1cc(-n2cc3c(n2)NCCC3)c2c(n1)CNC2=O.N#Cc1cccc(F)c1-c1cc(-n2ccc(N3CCC(O)C3)n2)c2c(n1)CNC2=O.N#Cc1cccc(F)c1-c1cc(-n2ccc(N3CCCC(N)(C(F)(F)F)C3)n2)c2c(n1)CNC2=O.N#Cc1cccc(F)c1-c1cc(-n2ccc(N3CCC[C@@H](N)C3)n2)c2c(n1)CNC2=O. The van der Waals surface area contributed by atoms with Crippen molar-refractivity contribution >= 4 is 46.9 Å². The molecule has 12 aromatic rings. The number of nitrogens with zero attached hydrogens (tertiary/aromatic N) is 19. The Bertz CT molecular complexity index is 6520. The van der Waals surface area contributed by atoms with E-state index in [1.165, 1.54) is 88.6 Å². The minimum absolute atomic E-state index is 0.0140. The number of hydrogen-bond acceptors (Lipinski definition) is 23. The summed E-state index contributed by atoms with van der Waals surface area (Å²) >= 11 is 0. The minimum atomic E-state index is -4.56. The van der Waals surface area contributed by atoms with Gasteiger partial charge in [-0.1, -0.05) is 24.3 Å². The Labute approximate surface area is 700 Å². The molecule has 624 valence electrons. The van der Waals surface area contributed by atoms with Crippen molar-refractivity contribution in [2.75, 3.05) is 65.8 Å². The van der Waals surface area contributed by atoms with Crippen LogP contribution in [0.25, 0.3) is 67.8 Å². The average Bonchev–Trinajstić information content (AvgIpc) is 1.66. The van der Waals surface area contributed by atoms with Gasteiger partial charge in [0.1, 0.15) is 28.8 Å². The van der Waals surface area contributed by atoms with Gasteiger partial charge in [0, 0.05) is 100 Å². The largest absolute Gasteiger partial charge is 0.408 e. The molecule has 0 aliphatic carbocycles. The highest BCUT2D eigenvalue weighted by Gasteiger charge is 2.54. The van der Waals surface area contributed by atoms with E-state index in [4.69, 9.17) is 11.5 Å². The number of carbonyl (C=O) groups excluding carboxylic acids is 4. The normalized spacial score (nSPS) is 17.7. The summed E-state index contributed by atoms with van der Waals surface area (Å²) in [5.41, 5.74) is 17.5. The van der Waals surface area contributed by atoms with Crippen LogP contribution >= 0.6 is 0 Å². The van der Waals surface area contributed by atoms with Crippen LogP contribution in [0.1, 0.15) is 131 Å². The molecular formula is C86H71F7N26O5. The maximum atomic E-state index is 14.7. The molecule has 8 aliphatic rings. The standard InChI is InChI=1S/C23H19F4N7O.C22H20FN7O.C21H17FN6O2.C20H15FN6O/c24-14-4-1-3-13(10-28)19(14)15-9-17(20-16(31-15)11-30-21(20)35)34-8-5-18(32-34)33-7-2-6-22(29,12-33)23(25,26)27;23-15-5-1-3-13(10-24)20(15)16-9-18(21-17(27-16)11-26-22(21)31)30-8-6-19(28-30)29-7-2-4-14(25)12-29;22-14-3-1-2-12(9-23)19(14)15-8-17(20-16(25-15)10-24-21(20)30)28-7-5-18(26-28)27-6-4-13(29)11-27;21-13-5-1-3-11(8-22)17(13)14-7-16(18-15(25-14)9-24-20(18)28)27-10-12-4-2-6-23-19(12)26-27/h1,3-5,8-9H,2,6-7,11-12,29H2,(H,30,35);1,3,5-6,8-9,14H,2,4,7,11-12,25H2,(H,26,31);1-3,5,7-8,13,29H,4,6,10-11H2,(H,24,30);1,3,5,7,10H,2,4,6,9H2,(H,23,26)(H,24,28)/t;14-;;/m.1../s1. The third-order valence-corrected chi connectivity index (χ3v) is 22.5. The lowest BCUT2D eigenvalue weighted by atomic mass is 9.89. The molecule has 4 aromatic carbocycles. The Morgan fingerprint density at radius 2 is 0.823 bits per heavy atom. The summed E-state index contributed by atoms with van der Waals surface area (Å²) in [7, 11) is 0. The summed E-state index contributed by atoms with van der Waals surface area (Å²) < 4.78 is 105. The zero-order valence-corrected chi connectivity index (χ0v) is 65.5. The van der Waals surface area contributed by atoms with Gasteiger partial charge in [-0.25, -0.2) is 56.2 Å². The van der Waals surface area contributed by atoms with Gasteiger partial charge in [0.25, 0.3) is 23.6 Å². The van der Waals surface area contributed by atoms with E-state index in [0.29, 0.717) is 94.1 Å². The predicted molar refractivity (Wildman–Crippen MR) is 434 cm³/mol. The van der Waals surface area contributed by atoms with Crippen molar-refractivity contribution in [3.8, 4) is 92.1 Å². The number of aliphatic hydroxyl groups excluding tert-OH is 1. The Morgan fingerprint density at radius 1 is 0.452 bits per heavy atom. The van der Waals surface area contributed by atoms with Gasteiger partial charge in [0.05, 0.1) is 192 Å². The van der Waals surface area contributed by atoms with Crippen LogP contribution in [0.4, 0.5) is 54.0 Å². The smallest absolute Gasteiger partial charge is 0.391 e. The first-order valence-electron chi connectivity index (χ1n) is 39.5. The molecule has 8 aromatic heterocycles. The fourth-order valence-electron chi connectivity index (χ4n) is 16.5. The van der Waals surface area contributed by atoms with Gasteiger partial charge in [-0.2, -0.15) is 54.6 Å². The maximum Gasteiger partial charge on any atom is 0.408 e. The number of amides is 4. The summed E-state index contributed by atoms with van der Waals surface area (Å²) in [6.07, 6.45) is 6.57. The number of fused-ring (bicyclic) bond motifs is 5. The summed E-state index contributed by atoms with van der Waals surface area (Å²) in [6.45, 7) is 4.34. The first-order valence-corrected chi connectivity index (χ1v) is 39.5. The maximum absolute atomic E-state index is 14.7. The molecule has 0 spiro atoms. The van der Waals surface area contributed by atoms with E-state index in [9.17, 15) is 76.1 Å². The van der Waals surface area contributed by atoms with Gasteiger partial charge >= 0.3 is 6.18 Å². The molecule has 124 heavy (non-hydrogen) atoms. The Hall–Kier alpha value is -15.3. The molecule has 3 saturated heterocycles. The molecule has 3 fully saturated rings. The van der Waals surface area contributed by atoms with Gasteiger partial charge in [0.2, 0.25) is 0 Å². The molecule has 4 amide bonds. The third kappa shape index (κ3) is 15.4. The van der Waals surface area contributed by atoms with Crippen LogP contribution in [0.5, 0.6) is 0 Å². The number of nitrogens with two attached hydrogens (primary N) is 2. The molecule has 31 nitrogen and oxygen atoms in total. The van der Waals surface area contributed by atoms with Gasteiger partial charge < -0.3 is 57.9 Å². The number of nitrogens with one attached hydrogen (secondary N) is 5. The zero-order valence-electron chi connectivity index (χ0n) is 65.5. The fraction of sp³-hybridized carbons (Fsp3) is 0.256. The van der Waals surface area contributed by atoms with Crippen LogP contribution in [-0.2, 0) is 32.6 Å². The second-order valence-electron chi connectivity index (χ2n) is 30.5. The Morgan fingerprint density at radius 3 is 1.18 bits per heavy atom. The highest BCUT2D eigenvalue weighted by molar-refractivity contribution is 6.04. The lowest BCUT2D eigenvalue weighted by molar-refractivity contribution is -0.187. The van der Waals surface area contributed by atoms with Crippen molar-refractivity contribution in [2.45, 2.75) is 95.0 Å². The zero-order chi connectivity index (χ0) is 86.6. The number of halogens is 7. The van der Waals surface area contributed by atoms with E-state index >= 15 is 0 Å². The van der Waals surface area contributed by atoms with Crippen molar-refractivity contribution < 1.29 is 55.0 Å². The number of anilines is 4. The number of aliphatic hydroxyl groups is 1. The number of aryl methyl sites for hydroxylation is 1. The number of β-amino-alcohol motifs (C(OH)–C–C–N with tert-alkyl or cyclic N) is 1.